The average molecular weight is 343 g/mol. The van der Waals surface area contributed by atoms with Crippen LogP contribution in [0.4, 0.5) is 0 Å². The Balaban J connectivity index is 1.62. The lowest BCUT2D eigenvalue weighted by Crippen LogP contribution is -2.47. The van der Waals surface area contributed by atoms with E-state index in [9.17, 15) is 9.59 Å². The molecule has 0 radical (unpaired) electrons. The number of aromatic nitrogens is 2. The van der Waals surface area contributed by atoms with Gasteiger partial charge < -0.3 is 10.1 Å². The highest BCUT2D eigenvalue weighted by Crippen LogP contribution is 2.29. The van der Waals surface area contributed by atoms with Crippen molar-refractivity contribution in [3.63, 3.8) is 0 Å². The molecule has 6 nitrogen and oxygen atoms in total. The number of hydrogen-bond acceptors (Lipinski definition) is 4. The Labute approximate surface area is 147 Å². The minimum atomic E-state index is -0.854. The second kappa shape index (κ2) is 7.25. The van der Waals surface area contributed by atoms with Crippen molar-refractivity contribution >= 4 is 22.8 Å². The van der Waals surface area contributed by atoms with Gasteiger partial charge in [0, 0.05) is 11.4 Å². The lowest BCUT2D eigenvalue weighted by molar-refractivity contribution is -0.130. The largest absolute Gasteiger partial charge is 0.448 e. The number of nitrogens with one attached hydrogen (secondary N) is 2. The van der Waals surface area contributed by atoms with Gasteiger partial charge in [0.05, 0.1) is 5.52 Å². The first-order chi connectivity index (χ1) is 12.0. The Kier molecular flexibility index (Phi) is 5.06. The van der Waals surface area contributed by atoms with Crippen LogP contribution in [0.25, 0.3) is 10.9 Å². The average Bonchev–Trinajstić information content (AvgIpc) is 3.03. The van der Waals surface area contributed by atoms with Gasteiger partial charge in [0.15, 0.2) is 11.8 Å². The highest BCUT2D eigenvalue weighted by atomic mass is 16.5. The van der Waals surface area contributed by atoms with Gasteiger partial charge in [-0.3, -0.25) is 9.89 Å². The normalized spacial score (nSPS) is 24.7. The first kappa shape index (κ1) is 17.5. The van der Waals surface area contributed by atoms with E-state index in [4.69, 9.17) is 4.74 Å². The van der Waals surface area contributed by atoms with E-state index in [1.807, 2.05) is 18.2 Å². The summed E-state index contributed by atoms with van der Waals surface area (Å²) >= 11 is 0. The van der Waals surface area contributed by atoms with Gasteiger partial charge >= 0.3 is 5.97 Å². The van der Waals surface area contributed by atoms with Gasteiger partial charge in [-0.05, 0) is 31.2 Å². The molecule has 1 fully saturated rings. The van der Waals surface area contributed by atoms with Crippen molar-refractivity contribution in [2.24, 2.45) is 11.8 Å². The van der Waals surface area contributed by atoms with Crippen molar-refractivity contribution < 1.29 is 14.3 Å². The first-order valence-electron chi connectivity index (χ1n) is 8.92. The third-order valence-electron chi connectivity index (χ3n) is 5.35. The van der Waals surface area contributed by atoms with Crippen LogP contribution >= 0.6 is 0 Å². The van der Waals surface area contributed by atoms with Gasteiger partial charge in [-0.2, -0.15) is 5.10 Å². The third-order valence-corrected chi connectivity index (χ3v) is 5.35. The molecule has 1 aromatic carbocycles. The molecule has 1 heterocycles. The number of aromatic amines is 1. The molecule has 2 N–H and O–H groups in total. The molecule has 6 heteroatoms. The minimum absolute atomic E-state index is 0.142. The molecule has 2 aromatic rings. The second-order valence-electron chi connectivity index (χ2n) is 7.05. The Morgan fingerprint density at radius 3 is 2.84 bits per heavy atom. The van der Waals surface area contributed by atoms with Gasteiger partial charge in [0.25, 0.3) is 5.91 Å². The smallest absolute Gasteiger partial charge is 0.360 e. The summed E-state index contributed by atoms with van der Waals surface area (Å²) in [4.78, 5) is 24.8. The fraction of sp³-hybridized carbons (Fsp3) is 0.526. The van der Waals surface area contributed by atoms with Gasteiger partial charge in [0.2, 0.25) is 0 Å². The third kappa shape index (κ3) is 3.67. The maximum absolute atomic E-state index is 12.4. The number of ether oxygens (including phenoxy) is 1. The van der Waals surface area contributed by atoms with Gasteiger partial charge in [-0.15, -0.1) is 0 Å². The zero-order chi connectivity index (χ0) is 18.0. The molecule has 0 unspecified atom stereocenters. The SMILES string of the molecule is C[C@@H]1[C@H](C)CCC[C@@H]1NC(=O)[C@@H](C)OC(=O)c1n[nH]c2ccccc12. The van der Waals surface area contributed by atoms with Crippen LogP contribution in [0.2, 0.25) is 0 Å². The van der Waals surface area contributed by atoms with Crippen molar-refractivity contribution in [2.45, 2.75) is 52.2 Å². The topological polar surface area (TPSA) is 84.1 Å². The summed E-state index contributed by atoms with van der Waals surface area (Å²) in [7, 11) is 0. The van der Waals surface area contributed by atoms with E-state index in [1.165, 1.54) is 6.42 Å². The Morgan fingerprint density at radius 2 is 2.04 bits per heavy atom. The first-order valence-corrected chi connectivity index (χ1v) is 8.92. The maximum Gasteiger partial charge on any atom is 0.360 e. The van der Waals surface area contributed by atoms with Crippen LogP contribution in [0.1, 0.15) is 50.5 Å². The minimum Gasteiger partial charge on any atom is -0.448 e. The molecule has 0 bridgehead atoms. The number of amides is 1. The molecule has 134 valence electrons. The number of fused-ring (bicyclic) bond motifs is 1. The van der Waals surface area contributed by atoms with Crippen LogP contribution in [0.15, 0.2) is 24.3 Å². The van der Waals surface area contributed by atoms with E-state index < -0.39 is 12.1 Å². The number of carbonyl (C=O) groups is 2. The van der Waals surface area contributed by atoms with Crippen molar-refractivity contribution in [3.05, 3.63) is 30.0 Å². The van der Waals surface area contributed by atoms with E-state index in [-0.39, 0.29) is 17.6 Å². The van der Waals surface area contributed by atoms with Crippen molar-refractivity contribution in [3.8, 4) is 0 Å². The summed E-state index contributed by atoms with van der Waals surface area (Å²) in [6.07, 6.45) is 2.43. The summed E-state index contributed by atoms with van der Waals surface area (Å²) in [5.74, 6) is 0.174. The number of benzene rings is 1. The van der Waals surface area contributed by atoms with Crippen molar-refractivity contribution in [1.29, 1.82) is 0 Å². The molecule has 0 spiro atoms. The van der Waals surface area contributed by atoms with Crippen molar-refractivity contribution in [1.82, 2.24) is 15.5 Å². The molecule has 1 amide bonds. The second-order valence-corrected chi connectivity index (χ2v) is 7.05. The molecule has 25 heavy (non-hydrogen) atoms. The van der Waals surface area contributed by atoms with E-state index >= 15 is 0 Å². The number of esters is 1. The predicted octanol–water partition coefficient (Wildman–Crippen LogP) is 3.05. The molecular formula is C19H25N3O3. The molecule has 1 aliphatic carbocycles. The molecule has 1 saturated carbocycles. The molecule has 1 aliphatic rings. The standard InChI is InChI=1S/C19H25N3O3/c1-11-7-6-10-15(12(11)2)20-18(23)13(3)25-19(24)17-14-8-4-5-9-16(14)21-22-17/h4-5,8-9,11-13,15H,6-7,10H2,1-3H3,(H,20,23)(H,21,22)/t11-,12-,13-,15+/m1/s1. The van der Waals surface area contributed by atoms with Crippen LogP contribution < -0.4 is 5.32 Å². The number of hydrogen-bond donors (Lipinski definition) is 2. The number of para-hydroxylation sites is 1. The van der Waals surface area contributed by atoms with Crippen molar-refractivity contribution in [2.75, 3.05) is 0 Å². The summed E-state index contributed by atoms with van der Waals surface area (Å²) < 4.78 is 5.33. The van der Waals surface area contributed by atoms with Gasteiger partial charge in [-0.25, -0.2) is 4.79 Å². The lowest BCUT2D eigenvalue weighted by atomic mass is 9.78. The summed E-state index contributed by atoms with van der Waals surface area (Å²) in [6, 6.07) is 7.46. The molecule has 3 rings (SSSR count). The highest BCUT2D eigenvalue weighted by molar-refractivity contribution is 6.02. The summed E-state index contributed by atoms with van der Waals surface area (Å²) in [6.45, 7) is 5.98. The summed E-state index contributed by atoms with van der Waals surface area (Å²) in [5, 5.41) is 10.5. The van der Waals surface area contributed by atoms with E-state index in [1.54, 1.807) is 13.0 Å². The molecule has 0 saturated heterocycles. The van der Waals surface area contributed by atoms with E-state index in [0.717, 1.165) is 18.4 Å². The van der Waals surface area contributed by atoms with E-state index in [2.05, 4.69) is 29.4 Å². The maximum atomic E-state index is 12.4. The number of rotatable bonds is 4. The van der Waals surface area contributed by atoms with Crippen LogP contribution in [0.5, 0.6) is 0 Å². The molecular weight excluding hydrogens is 318 g/mol. The Hall–Kier alpha value is -2.37. The predicted molar refractivity (Wildman–Crippen MR) is 95.1 cm³/mol. The fourth-order valence-electron chi connectivity index (χ4n) is 3.47. The number of nitrogens with zero attached hydrogens (tertiary/aromatic N) is 1. The van der Waals surface area contributed by atoms with Crippen LogP contribution in [-0.2, 0) is 9.53 Å². The van der Waals surface area contributed by atoms with Crippen LogP contribution in [0, 0.1) is 11.8 Å². The fourth-order valence-corrected chi connectivity index (χ4v) is 3.47. The van der Waals surface area contributed by atoms with Crippen LogP contribution in [-0.4, -0.2) is 34.2 Å². The molecule has 0 aliphatic heterocycles. The van der Waals surface area contributed by atoms with Gasteiger partial charge in [-0.1, -0.05) is 44.9 Å². The zero-order valence-corrected chi connectivity index (χ0v) is 14.9. The Bertz CT molecular complexity index is 770. The van der Waals surface area contributed by atoms with E-state index in [0.29, 0.717) is 17.2 Å². The zero-order valence-electron chi connectivity index (χ0n) is 14.9. The Morgan fingerprint density at radius 1 is 1.28 bits per heavy atom. The lowest BCUT2D eigenvalue weighted by Gasteiger charge is -2.35. The summed E-state index contributed by atoms with van der Waals surface area (Å²) in [5.41, 5.74) is 0.964. The number of H-pyrrole nitrogens is 1. The monoisotopic (exact) mass is 343 g/mol. The quantitative estimate of drug-likeness (QED) is 0.836. The van der Waals surface area contributed by atoms with Gasteiger partial charge in [0.1, 0.15) is 0 Å². The molecule has 1 aromatic heterocycles. The molecule has 4 atom stereocenters. The highest BCUT2D eigenvalue weighted by Gasteiger charge is 2.30. The number of carbonyl (C=O) groups excluding carboxylic acids is 2. The van der Waals surface area contributed by atoms with Crippen LogP contribution in [0.3, 0.4) is 0 Å².